The lowest BCUT2D eigenvalue weighted by Crippen LogP contribution is -2.36. The number of thiazole rings is 1. The highest BCUT2D eigenvalue weighted by Crippen LogP contribution is 2.31. The molecule has 1 aliphatic carbocycles. The SMILES string of the molecule is Cc1nc(C(C)(C)C)sc1C(=O)N(C)C1CCCCCC1. The first-order valence-corrected chi connectivity index (χ1v) is 8.87. The van der Waals surface area contributed by atoms with E-state index in [1.54, 1.807) is 11.3 Å². The first-order valence-electron chi connectivity index (χ1n) is 8.06. The van der Waals surface area contributed by atoms with E-state index in [2.05, 4.69) is 25.8 Å². The van der Waals surface area contributed by atoms with Crippen LogP contribution in [-0.2, 0) is 5.41 Å². The van der Waals surface area contributed by atoms with Gasteiger partial charge in [0.05, 0.1) is 10.7 Å². The van der Waals surface area contributed by atoms with Crippen LogP contribution in [0, 0.1) is 6.92 Å². The molecule has 1 amide bonds. The van der Waals surface area contributed by atoms with Crippen molar-refractivity contribution in [2.24, 2.45) is 0 Å². The second-order valence-corrected chi connectivity index (χ2v) is 8.24. The van der Waals surface area contributed by atoms with E-state index >= 15 is 0 Å². The summed E-state index contributed by atoms with van der Waals surface area (Å²) in [4.78, 5) is 20.2. The lowest BCUT2D eigenvalue weighted by atomic mass is 9.98. The fraction of sp³-hybridized carbons (Fsp3) is 0.765. The maximum atomic E-state index is 12.8. The molecular formula is C17H28N2OS. The summed E-state index contributed by atoms with van der Waals surface area (Å²) in [6, 6.07) is 0.402. The summed E-state index contributed by atoms with van der Waals surface area (Å²) in [6.45, 7) is 8.40. The van der Waals surface area contributed by atoms with E-state index < -0.39 is 0 Å². The van der Waals surface area contributed by atoms with Gasteiger partial charge < -0.3 is 4.90 Å². The maximum absolute atomic E-state index is 12.8. The van der Waals surface area contributed by atoms with Gasteiger partial charge in [-0.05, 0) is 19.8 Å². The minimum absolute atomic E-state index is 0.00878. The molecule has 0 N–H and O–H groups in total. The molecule has 1 aliphatic rings. The number of amides is 1. The molecule has 0 saturated heterocycles. The number of rotatable bonds is 2. The zero-order valence-corrected chi connectivity index (χ0v) is 14.8. The zero-order valence-electron chi connectivity index (χ0n) is 14.0. The summed E-state index contributed by atoms with van der Waals surface area (Å²) in [7, 11) is 1.97. The van der Waals surface area contributed by atoms with E-state index in [4.69, 9.17) is 0 Å². The van der Waals surface area contributed by atoms with Gasteiger partial charge in [-0.3, -0.25) is 4.79 Å². The van der Waals surface area contributed by atoms with Gasteiger partial charge >= 0.3 is 0 Å². The number of aryl methyl sites for hydroxylation is 1. The fourth-order valence-corrected chi connectivity index (χ4v) is 3.99. The molecule has 4 heteroatoms. The van der Waals surface area contributed by atoms with E-state index in [0.717, 1.165) is 28.4 Å². The molecule has 0 unspecified atom stereocenters. The van der Waals surface area contributed by atoms with Crippen molar-refractivity contribution in [2.75, 3.05) is 7.05 Å². The normalized spacial score (nSPS) is 17.6. The van der Waals surface area contributed by atoms with E-state index in [1.165, 1.54) is 25.7 Å². The maximum Gasteiger partial charge on any atom is 0.265 e. The molecule has 0 aliphatic heterocycles. The highest BCUT2D eigenvalue weighted by molar-refractivity contribution is 7.14. The fourth-order valence-electron chi connectivity index (χ4n) is 2.89. The first-order chi connectivity index (χ1) is 9.80. The van der Waals surface area contributed by atoms with E-state index in [1.807, 2.05) is 18.9 Å². The number of hydrogen-bond acceptors (Lipinski definition) is 3. The quantitative estimate of drug-likeness (QED) is 0.751. The Morgan fingerprint density at radius 1 is 1.19 bits per heavy atom. The van der Waals surface area contributed by atoms with Crippen molar-refractivity contribution in [3.63, 3.8) is 0 Å². The Labute approximate surface area is 132 Å². The smallest absolute Gasteiger partial charge is 0.265 e. The molecule has 0 atom stereocenters. The minimum atomic E-state index is 0.00878. The number of aromatic nitrogens is 1. The van der Waals surface area contributed by atoms with Gasteiger partial charge in [-0.15, -0.1) is 11.3 Å². The van der Waals surface area contributed by atoms with Crippen molar-refractivity contribution >= 4 is 17.2 Å². The summed E-state index contributed by atoms with van der Waals surface area (Å²) >= 11 is 1.57. The van der Waals surface area contributed by atoms with Crippen LogP contribution in [0.5, 0.6) is 0 Å². The zero-order chi connectivity index (χ0) is 15.6. The van der Waals surface area contributed by atoms with Crippen LogP contribution >= 0.6 is 11.3 Å². The molecule has 3 nitrogen and oxygen atoms in total. The van der Waals surface area contributed by atoms with Crippen molar-refractivity contribution in [1.29, 1.82) is 0 Å². The third-order valence-electron chi connectivity index (χ3n) is 4.33. The Bertz CT molecular complexity index is 493. The predicted octanol–water partition coefficient (Wildman–Crippen LogP) is 4.54. The highest BCUT2D eigenvalue weighted by atomic mass is 32.1. The third kappa shape index (κ3) is 3.85. The Hall–Kier alpha value is -0.900. The largest absolute Gasteiger partial charge is 0.338 e. The molecule has 1 aromatic rings. The molecular weight excluding hydrogens is 280 g/mol. The van der Waals surface area contributed by atoms with Crippen LogP contribution in [0.1, 0.15) is 79.7 Å². The van der Waals surface area contributed by atoms with Crippen LogP contribution in [0.4, 0.5) is 0 Å². The number of carbonyl (C=O) groups excluding carboxylic acids is 1. The van der Waals surface area contributed by atoms with Gasteiger partial charge in [0.25, 0.3) is 5.91 Å². The van der Waals surface area contributed by atoms with Gasteiger partial charge in [-0.25, -0.2) is 4.98 Å². The van der Waals surface area contributed by atoms with Crippen LogP contribution in [0.15, 0.2) is 0 Å². The van der Waals surface area contributed by atoms with Crippen molar-refractivity contribution in [3.05, 3.63) is 15.6 Å². The Morgan fingerprint density at radius 2 is 1.76 bits per heavy atom. The second kappa shape index (κ2) is 6.47. The monoisotopic (exact) mass is 308 g/mol. The van der Waals surface area contributed by atoms with Crippen molar-refractivity contribution < 1.29 is 4.79 Å². The van der Waals surface area contributed by atoms with Crippen LogP contribution in [0.25, 0.3) is 0 Å². The molecule has 0 spiro atoms. The van der Waals surface area contributed by atoms with E-state index in [9.17, 15) is 4.79 Å². The number of hydrogen-bond donors (Lipinski definition) is 0. The van der Waals surface area contributed by atoms with Gasteiger partial charge in [0.15, 0.2) is 0 Å². The van der Waals surface area contributed by atoms with Gasteiger partial charge in [-0.2, -0.15) is 0 Å². The molecule has 1 heterocycles. The Kier molecular flexibility index (Phi) is 5.07. The summed E-state index contributed by atoms with van der Waals surface area (Å²) in [5.41, 5.74) is 0.893. The molecule has 1 saturated carbocycles. The molecule has 1 aromatic heterocycles. The van der Waals surface area contributed by atoms with Gasteiger partial charge in [0.1, 0.15) is 4.88 Å². The summed E-state index contributed by atoms with van der Waals surface area (Å²) in [6.07, 6.45) is 7.41. The van der Waals surface area contributed by atoms with Crippen LogP contribution in [-0.4, -0.2) is 28.9 Å². The van der Waals surface area contributed by atoms with E-state index in [0.29, 0.717) is 6.04 Å². The van der Waals surface area contributed by atoms with Gasteiger partial charge in [-0.1, -0.05) is 46.5 Å². The summed E-state index contributed by atoms with van der Waals surface area (Å²) < 4.78 is 0. The van der Waals surface area contributed by atoms with Crippen LogP contribution in [0.2, 0.25) is 0 Å². The van der Waals surface area contributed by atoms with Crippen LogP contribution in [0.3, 0.4) is 0 Å². The minimum Gasteiger partial charge on any atom is -0.338 e. The lowest BCUT2D eigenvalue weighted by Gasteiger charge is -2.27. The van der Waals surface area contributed by atoms with E-state index in [-0.39, 0.29) is 11.3 Å². The summed E-state index contributed by atoms with van der Waals surface area (Å²) in [5, 5.41) is 1.05. The van der Waals surface area contributed by atoms with Crippen molar-refractivity contribution in [2.45, 2.75) is 77.7 Å². The van der Waals surface area contributed by atoms with Crippen molar-refractivity contribution in [3.8, 4) is 0 Å². The molecule has 0 bridgehead atoms. The average Bonchev–Trinajstić information content (AvgIpc) is 2.64. The average molecular weight is 308 g/mol. The molecule has 0 aromatic carbocycles. The van der Waals surface area contributed by atoms with Crippen LogP contribution < -0.4 is 0 Å². The third-order valence-corrected chi connectivity index (χ3v) is 5.90. The number of carbonyl (C=O) groups is 1. The Balaban J connectivity index is 2.17. The molecule has 21 heavy (non-hydrogen) atoms. The molecule has 2 rings (SSSR count). The summed E-state index contributed by atoms with van der Waals surface area (Å²) in [5.74, 6) is 0.160. The second-order valence-electron chi connectivity index (χ2n) is 7.24. The highest BCUT2D eigenvalue weighted by Gasteiger charge is 2.27. The van der Waals surface area contributed by atoms with Gasteiger partial charge in [0.2, 0.25) is 0 Å². The van der Waals surface area contributed by atoms with Gasteiger partial charge in [0, 0.05) is 18.5 Å². The molecule has 1 fully saturated rings. The topological polar surface area (TPSA) is 33.2 Å². The predicted molar refractivity (Wildman–Crippen MR) is 89.1 cm³/mol. The molecule has 118 valence electrons. The standard InChI is InChI=1S/C17H28N2OS/c1-12-14(21-16(18-12)17(2,3)4)15(20)19(5)13-10-8-6-7-9-11-13/h13H,6-11H2,1-5H3. The molecule has 0 radical (unpaired) electrons. The number of nitrogens with zero attached hydrogens (tertiary/aromatic N) is 2. The van der Waals surface area contributed by atoms with Crippen molar-refractivity contribution in [1.82, 2.24) is 9.88 Å². The first kappa shape index (κ1) is 16.5. The lowest BCUT2D eigenvalue weighted by molar-refractivity contribution is 0.0721. The Morgan fingerprint density at radius 3 is 2.24 bits per heavy atom.